The molecule has 0 aliphatic rings. The first-order valence-electron chi connectivity index (χ1n) is 3.48. The van der Waals surface area contributed by atoms with Gasteiger partial charge >= 0.3 is 0 Å². The number of aliphatic imine (C=N–C) groups is 1. The van der Waals surface area contributed by atoms with Crippen molar-refractivity contribution in [3.05, 3.63) is 33.4 Å². The van der Waals surface area contributed by atoms with E-state index in [9.17, 15) is 0 Å². The van der Waals surface area contributed by atoms with Crippen LogP contribution in [-0.4, -0.2) is 5.96 Å². The molecule has 0 heterocycles. The Morgan fingerprint density at radius 3 is 2.23 bits per heavy atom. The Labute approximate surface area is 97.2 Å². The standard InChI is InChI=1S/C8H10IN3.ClH/c9-7-3-1-6(2-4-7)5-12-8(10)11;/h1-4H,5H2,(H4,10,11,12);1H/i9-2;. The average molecular weight is 310 g/mol. The van der Waals surface area contributed by atoms with Crippen LogP contribution in [0.15, 0.2) is 29.3 Å². The van der Waals surface area contributed by atoms with Crippen molar-refractivity contribution in [3.63, 3.8) is 0 Å². The molecule has 4 N–H and O–H groups in total. The normalized spacial score (nSPS) is 8.69. The molecule has 13 heavy (non-hydrogen) atoms. The summed E-state index contributed by atoms with van der Waals surface area (Å²) in [5, 5.41) is 0. The van der Waals surface area contributed by atoms with Crippen molar-refractivity contribution in [1.29, 1.82) is 0 Å². The molecule has 0 radical (unpaired) electrons. The Morgan fingerprint density at radius 1 is 1.23 bits per heavy atom. The van der Waals surface area contributed by atoms with Gasteiger partial charge in [0.25, 0.3) is 0 Å². The quantitative estimate of drug-likeness (QED) is 0.494. The van der Waals surface area contributed by atoms with Gasteiger partial charge in [-0.25, -0.2) is 4.99 Å². The lowest BCUT2D eigenvalue weighted by Gasteiger charge is -1.96. The van der Waals surface area contributed by atoms with Crippen LogP contribution in [0.25, 0.3) is 0 Å². The van der Waals surface area contributed by atoms with E-state index in [-0.39, 0.29) is 18.4 Å². The van der Waals surface area contributed by atoms with Crippen LogP contribution in [-0.2, 0) is 6.54 Å². The minimum Gasteiger partial charge on any atom is -0.370 e. The lowest BCUT2D eigenvalue weighted by Crippen LogP contribution is -2.22. The highest BCUT2D eigenvalue weighted by Gasteiger charge is 1.90. The summed E-state index contributed by atoms with van der Waals surface area (Å²) < 4.78 is 1.21. The summed E-state index contributed by atoms with van der Waals surface area (Å²) in [5.41, 5.74) is 11.5. The van der Waals surface area contributed by atoms with Gasteiger partial charge in [0.15, 0.2) is 5.96 Å². The summed E-state index contributed by atoms with van der Waals surface area (Å²) in [4.78, 5) is 3.89. The minimum atomic E-state index is 0. The summed E-state index contributed by atoms with van der Waals surface area (Å²) in [6.07, 6.45) is 0. The van der Waals surface area contributed by atoms with Crippen LogP contribution in [0, 0.1) is 3.57 Å². The van der Waals surface area contributed by atoms with Crippen LogP contribution in [0.3, 0.4) is 0 Å². The first-order valence-corrected chi connectivity index (χ1v) is 4.56. The maximum atomic E-state index is 5.20. The van der Waals surface area contributed by atoms with Gasteiger partial charge in [0.05, 0.1) is 6.54 Å². The number of halogens is 2. The summed E-state index contributed by atoms with van der Waals surface area (Å²) >= 11 is 2.25. The molecule has 0 saturated carbocycles. The van der Waals surface area contributed by atoms with Gasteiger partial charge in [-0.05, 0) is 40.3 Å². The van der Waals surface area contributed by atoms with E-state index in [2.05, 4.69) is 27.6 Å². The zero-order chi connectivity index (χ0) is 8.97. The number of nitrogens with zero attached hydrogens (tertiary/aromatic N) is 1. The monoisotopic (exact) mass is 309 g/mol. The summed E-state index contributed by atoms with van der Waals surface area (Å²) in [7, 11) is 0. The highest BCUT2D eigenvalue weighted by molar-refractivity contribution is 14.1. The van der Waals surface area contributed by atoms with Crippen molar-refractivity contribution in [2.45, 2.75) is 6.54 Å². The maximum absolute atomic E-state index is 5.20. The van der Waals surface area contributed by atoms with Gasteiger partial charge in [-0.3, -0.25) is 0 Å². The smallest absolute Gasteiger partial charge is 0.186 e. The Balaban J connectivity index is 0.00000144. The second-order valence-corrected chi connectivity index (χ2v) is 3.61. The van der Waals surface area contributed by atoms with Gasteiger partial charge < -0.3 is 11.5 Å². The first-order chi connectivity index (χ1) is 5.68. The molecular formula is C8H11ClIN3. The minimum absolute atomic E-state index is 0. The zero-order valence-corrected chi connectivity index (χ0v) is 9.88. The van der Waals surface area contributed by atoms with Crippen molar-refractivity contribution in [1.82, 2.24) is 0 Å². The number of benzene rings is 1. The fourth-order valence-corrected chi connectivity index (χ4v) is 1.13. The zero-order valence-electron chi connectivity index (χ0n) is 6.90. The van der Waals surface area contributed by atoms with E-state index in [1.165, 1.54) is 3.57 Å². The molecule has 5 heteroatoms. The highest BCUT2D eigenvalue weighted by atomic mass is 125. The van der Waals surface area contributed by atoms with E-state index in [1.807, 2.05) is 24.3 Å². The molecule has 1 aromatic rings. The molecule has 0 aromatic heterocycles. The van der Waals surface area contributed by atoms with E-state index >= 15 is 0 Å². The fourth-order valence-electron chi connectivity index (χ4n) is 0.772. The summed E-state index contributed by atoms with van der Waals surface area (Å²) in [5.74, 6) is 0.133. The third-order valence-corrected chi connectivity index (χ3v) is 2.08. The van der Waals surface area contributed by atoms with Crippen LogP contribution >= 0.6 is 35.0 Å². The molecule has 0 saturated heterocycles. The Hall–Kier alpha value is -0.490. The molecule has 0 aliphatic carbocycles. The van der Waals surface area contributed by atoms with Crippen molar-refractivity contribution in [2.75, 3.05) is 0 Å². The highest BCUT2D eigenvalue weighted by Crippen LogP contribution is 2.07. The van der Waals surface area contributed by atoms with Gasteiger partial charge in [0.2, 0.25) is 0 Å². The molecule has 0 bridgehead atoms. The van der Waals surface area contributed by atoms with Gasteiger partial charge in [-0.1, -0.05) is 12.1 Å². The largest absolute Gasteiger partial charge is 0.370 e. The molecular weight excluding hydrogens is 298 g/mol. The van der Waals surface area contributed by atoms with E-state index < -0.39 is 0 Å². The molecule has 0 atom stereocenters. The second-order valence-electron chi connectivity index (χ2n) is 2.37. The molecule has 3 nitrogen and oxygen atoms in total. The topological polar surface area (TPSA) is 64.4 Å². The average Bonchev–Trinajstić information content (AvgIpc) is 2.03. The van der Waals surface area contributed by atoms with Crippen molar-refractivity contribution in [2.24, 2.45) is 16.5 Å². The molecule has 0 spiro atoms. The van der Waals surface area contributed by atoms with Crippen LogP contribution < -0.4 is 11.5 Å². The lowest BCUT2D eigenvalue weighted by molar-refractivity contribution is 1.05. The van der Waals surface area contributed by atoms with Gasteiger partial charge in [0.1, 0.15) is 0 Å². The number of hydrogen-bond donors (Lipinski definition) is 2. The third-order valence-electron chi connectivity index (χ3n) is 1.36. The molecule has 0 unspecified atom stereocenters. The fraction of sp³-hybridized carbons (Fsp3) is 0.125. The van der Waals surface area contributed by atoms with E-state index in [1.54, 1.807) is 0 Å². The first kappa shape index (κ1) is 12.5. The predicted octanol–water partition coefficient (Wildman–Crippen LogP) is 1.49. The number of guanidine groups is 1. The van der Waals surface area contributed by atoms with Crippen molar-refractivity contribution in [3.8, 4) is 0 Å². The van der Waals surface area contributed by atoms with Crippen LogP contribution in [0.2, 0.25) is 0 Å². The number of hydrogen-bond acceptors (Lipinski definition) is 1. The lowest BCUT2D eigenvalue weighted by atomic mass is 10.2. The molecule has 72 valence electrons. The number of rotatable bonds is 2. The van der Waals surface area contributed by atoms with Gasteiger partial charge in [-0.15, -0.1) is 12.4 Å². The Morgan fingerprint density at radius 2 is 1.77 bits per heavy atom. The molecule has 0 fully saturated rings. The van der Waals surface area contributed by atoms with Crippen LogP contribution in [0.5, 0.6) is 0 Å². The van der Waals surface area contributed by atoms with Crippen LogP contribution in [0.4, 0.5) is 0 Å². The predicted molar refractivity (Wildman–Crippen MR) is 65.9 cm³/mol. The van der Waals surface area contributed by atoms with Gasteiger partial charge in [0, 0.05) is 3.57 Å². The molecule has 1 aromatic carbocycles. The summed E-state index contributed by atoms with van der Waals surface area (Å²) in [6, 6.07) is 8.07. The van der Waals surface area contributed by atoms with E-state index in [4.69, 9.17) is 11.5 Å². The third kappa shape index (κ3) is 4.94. The van der Waals surface area contributed by atoms with Crippen molar-refractivity contribution < 1.29 is 0 Å². The van der Waals surface area contributed by atoms with E-state index in [0.717, 1.165) is 5.56 Å². The Kier molecular flexibility index (Phi) is 5.81. The molecule has 1 rings (SSSR count). The van der Waals surface area contributed by atoms with Crippen molar-refractivity contribution >= 4 is 41.0 Å². The Bertz CT molecular complexity index is 280. The number of nitrogens with two attached hydrogens (primary N) is 2. The SMILES string of the molecule is Cl.NC(N)=NCc1ccc([125I])cc1. The van der Waals surface area contributed by atoms with E-state index in [0.29, 0.717) is 6.54 Å². The summed E-state index contributed by atoms with van der Waals surface area (Å²) in [6.45, 7) is 0.555. The van der Waals surface area contributed by atoms with Crippen LogP contribution in [0.1, 0.15) is 5.56 Å². The second kappa shape index (κ2) is 6.04. The molecule has 0 aliphatic heterocycles. The maximum Gasteiger partial charge on any atom is 0.186 e. The van der Waals surface area contributed by atoms with Gasteiger partial charge in [-0.2, -0.15) is 0 Å². The molecule has 0 amide bonds.